The molecule has 0 aromatic carbocycles. The molecule has 30 heavy (non-hydrogen) atoms. The van der Waals surface area contributed by atoms with E-state index in [0.29, 0.717) is 42.5 Å². The van der Waals surface area contributed by atoms with E-state index < -0.39 is 34.7 Å². The lowest BCUT2D eigenvalue weighted by atomic mass is 9.99. The Balaban J connectivity index is 1.63. The third-order valence-corrected chi connectivity index (χ3v) is 7.53. The van der Waals surface area contributed by atoms with Gasteiger partial charge < -0.3 is 24.8 Å². The summed E-state index contributed by atoms with van der Waals surface area (Å²) in [7, 11) is -3.98. The molecule has 3 atom stereocenters. The minimum Gasteiger partial charge on any atom is -0.378 e. The summed E-state index contributed by atoms with van der Waals surface area (Å²) in [6.45, 7) is 1.19. The number of carbonyl (C=O) groups is 1. The summed E-state index contributed by atoms with van der Waals surface area (Å²) in [6.07, 6.45) is 0.590. The standard InChI is InChI=1S/C18H32N2O8S2/c1-29-12-15(21)19-8-9-27-10-11-28-17(23)7-6-16(22)20-18(24)13-4-2-3-5-14(13)30(20,25)26/h15-17,19,21-23H,2-12H2,1H3. The van der Waals surface area contributed by atoms with Crippen molar-refractivity contribution in [2.24, 2.45) is 0 Å². The molecule has 12 heteroatoms. The van der Waals surface area contributed by atoms with Gasteiger partial charge in [0.1, 0.15) is 12.5 Å². The number of allylic oxidation sites excluding steroid dienone is 1. The van der Waals surface area contributed by atoms with Gasteiger partial charge in [0.2, 0.25) is 0 Å². The number of nitrogens with one attached hydrogen (secondary N) is 1. The van der Waals surface area contributed by atoms with E-state index in [2.05, 4.69) is 5.32 Å². The summed E-state index contributed by atoms with van der Waals surface area (Å²) in [4.78, 5) is 12.5. The fraction of sp³-hybridized carbons (Fsp3) is 0.833. The van der Waals surface area contributed by atoms with Crippen LogP contribution in [0.4, 0.5) is 0 Å². The molecule has 174 valence electrons. The van der Waals surface area contributed by atoms with E-state index in [1.54, 1.807) is 0 Å². The number of nitrogens with zero attached hydrogens (tertiary/aromatic N) is 1. The van der Waals surface area contributed by atoms with Crippen LogP contribution < -0.4 is 5.32 Å². The molecule has 1 heterocycles. The molecule has 0 fully saturated rings. The van der Waals surface area contributed by atoms with Gasteiger partial charge in [0.05, 0.1) is 24.7 Å². The van der Waals surface area contributed by atoms with Crippen LogP contribution in [0.1, 0.15) is 38.5 Å². The maximum Gasteiger partial charge on any atom is 0.266 e. The SMILES string of the molecule is CSCC(O)NCCOCCOC(O)CCC(O)N1C(=O)C2=C(CCCC2)S1(=O)=O. The van der Waals surface area contributed by atoms with Crippen molar-refractivity contribution in [3.05, 3.63) is 10.5 Å². The molecule has 1 amide bonds. The molecule has 0 spiro atoms. The number of ether oxygens (including phenoxy) is 2. The third kappa shape index (κ3) is 6.89. The average molecular weight is 469 g/mol. The summed E-state index contributed by atoms with van der Waals surface area (Å²) in [5, 5.41) is 32.5. The van der Waals surface area contributed by atoms with Crippen molar-refractivity contribution in [3.8, 4) is 0 Å². The van der Waals surface area contributed by atoms with Gasteiger partial charge in [-0.1, -0.05) is 0 Å². The Morgan fingerprint density at radius 3 is 2.57 bits per heavy atom. The number of thioether (sulfide) groups is 1. The van der Waals surface area contributed by atoms with E-state index in [1.807, 2.05) is 6.26 Å². The first-order valence-corrected chi connectivity index (χ1v) is 12.9. The van der Waals surface area contributed by atoms with Gasteiger partial charge in [0.15, 0.2) is 6.29 Å². The Kier molecular flexibility index (Phi) is 10.5. The van der Waals surface area contributed by atoms with Gasteiger partial charge in [0.25, 0.3) is 15.9 Å². The van der Waals surface area contributed by atoms with E-state index in [1.165, 1.54) is 11.8 Å². The molecule has 3 unspecified atom stereocenters. The Morgan fingerprint density at radius 2 is 1.87 bits per heavy atom. The zero-order valence-electron chi connectivity index (χ0n) is 17.2. The molecule has 0 bridgehead atoms. The number of sulfonamides is 1. The number of carbonyl (C=O) groups excluding carboxylic acids is 1. The van der Waals surface area contributed by atoms with Crippen molar-refractivity contribution >= 4 is 27.7 Å². The summed E-state index contributed by atoms with van der Waals surface area (Å²) in [6, 6.07) is 0. The quantitative estimate of drug-likeness (QED) is 0.198. The fourth-order valence-electron chi connectivity index (χ4n) is 3.40. The van der Waals surface area contributed by atoms with Gasteiger partial charge in [-0.25, -0.2) is 12.7 Å². The van der Waals surface area contributed by atoms with Crippen LogP contribution in [0.5, 0.6) is 0 Å². The molecule has 0 radical (unpaired) electrons. The molecule has 1 aliphatic heterocycles. The summed E-state index contributed by atoms with van der Waals surface area (Å²) in [5.41, 5.74) is 0.282. The van der Waals surface area contributed by atoms with E-state index in [-0.39, 0.29) is 36.5 Å². The van der Waals surface area contributed by atoms with E-state index in [0.717, 1.165) is 6.42 Å². The van der Waals surface area contributed by atoms with E-state index in [9.17, 15) is 28.5 Å². The number of amides is 1. The molecule has 1 aliphatic carbocycles. The third-order valence-electron chi connectivity index (χ3n) is 4.88. The lowest BCUT2D eigenvalue weighted by Crippen LogP contribution is -2.41. The van der Waals surface area contributed by atoms with Gasteiger partial charge >= 0.3 is 0 Å². The summed E-state index contributed by atoms with van der Waals surface area (Å²) < 4.78 is 36.1. The van der Waals surface area contributed by atoms with Crippen LogP contribution in [-0.4, -0.2) is 91.1 Å². The lowest BCUT2D eigenvalue weighted by molar-refractivity contribution is -0.134. The number of hydrogen-bond acceptors (Lipinski definition) is 10. The van der Waals surface area contributed by atoms with Gasteiger partial charge in [-0.05, 0) is 38.4 Å². The number of hydrogen-bond donors (Lipinski definition) is 4. The number of rotatable bonds is 14. The molecule has 0 saturated carbocycles. The van der Waals surface area contributed by atoms with Crippen molar-refractivity contribution in [1.29, 1.82) is 0 Å². The predicted octanol–water partition coefficient (Wildman–Crippen LogP) is -0.292. The molecular weight excluding hydrogens is 436 g/mol. The monoisotopic (exact) mass is 468 g/mol. The van der Waals surface area contributed by atoms with Crippen LogP contribution in [0.25, 0.3) is 0 Å². The van der Waals surface area contributed by atoms with Gasteiger partial charge in [0, 0.05) is 24.3 Å². The molecule has 0 aromatic rings. The predicted molar refractivity (Wildman–Crippen MR) is 112 cm³/mol. The van der Waals surface area contributed by atoms with Crippen LogP contribution >= 0.6 is 11.8 Å². The smallest absolute Gasteiger partial charge is 0.266 e. The Labute approximate surface area is 181 Å². The second-order valence-corrected chi connectivity index (χ2v) is 9.88. The number of aliphatic hydroxyl groups is 3. The first-order chi connectivity index (χ1) is 14.3. The van der Waals surface area contributed by atoms with E-state index >= 15 is 0 Å². The van der Waals surface area contributed by atoms with Crippen molar-refractivity contribution in [2.75, 3.05) is 38.4 Å². The maximum absolute atomic E-state index is 12.6. The highest BCUT2D eigenvalue weighted by molar-refractivity contribution is 7.98. The van der Waals surface area contributed by atoms with Crippen LogP contribution in [0.15, 0.2) is 10.5 Å². The van der Waals surface area contributed by atoms with Crippen molar-refractivity contribution in [3.63, 3.8) is 0 Å². The normalized spacial score (nSPS) is 21.6. The molecule has 2 rings (SSSR count). The highest BCUT2D eigenvalue weighted by Gasteiger charge is 2.46. The van der Waals surface area contributed by atoms with Crippen molar-refractivity contribution < 1.29 is 38.0 Å². The maximum atomic E-state index is 12.6. The minimum absolute atomic E-state index is 0.0342. The Hall–Kier alpha value is -0.730. The highest BCUT2D eigenvalue weighted by atomic mass is 32.2. The summed E-state index contributed by atoms with van der Waals surface area (Å²) in [5.74, 6) is -0.0678. The molecular formula is C18H32N2O8S2. The minimum atomic E-state index is -3.98. The Morgan fingerprint density at radius 1 is 1.13 bits per heavy atom. The topological polar surface area (TPSA) is 146 Å². The van der Waals surface area contributed by atoms with Crippen molar-refractivity contribution in [2.45, 2.75) is 57.3 Å². The molecule has 4 N–H and O–H groups in total. The largest absolute Gasteiger partial charge is 0.378 e. The number of aliphatic hydroxyl groups excluding tert-OH is 3. The summed E-state index contributed by atoms with van der Waals surface area (Å²) >= 11 is 1.53. The van der Waals surface area contributed by atoms with Gasteiger partial charge in [-0.2, -0.15) is 11.8 Å². The second kappa shape index (κ2) is 12.3. The first-order valence-electron chi connectivity index (χ1n) is 10.1. The van der Waals surface area contributed by atoms with Crippen LogP contribution in [0.2, 0.25) is 0 Å². The fourth-order valence-corrected chi connectivity index (χ4v) is 5.73. The molecule has 0 saturated heterocycles. The average Bonchev–Trinajstić information content (AvgIpc) is 2.91. The zero-order chi connectivity index (χ0) is 22.1. The van der Waals surface area contributed by atoms with Gasteiger partial charge in [-0.3, -0.25) is 10.1 Å². The van der Waals surface area contributed by atoms with E-state index in [4.69, 9.17) is 9.47 Å². The zero-order valence-corrected chi connectivity index (χ0v) is 18.8. The van der Waals surface area contributed by atoms with Crippen molar-refractivity contribution in [1.82, 2.24) is 9.62 Å². The molecule has 2 aliphatic rings. The molecule has 0 aromatic heterocycles. The molecule has 10 nitrogen and oxygen atoms in total. The van der Waals surface area contributed by atoms with Crippen LogP contribution in [0, 0.1) is 0 Å². The second-order valence-electron chi connectivity index (χ2n) is 7.14. The van der Waals surface area contributed by atoms with Crippen LogP contribution in [0.3, 0.4) is 0 Å². The van der Waals surface area contributed by atoms with Crippen LogP contribution in [-0.2, 0) is 24.3 Å². The first kappa shape index (κ1) is 25.5. The lowest BCUT2D eigenvalue weighted by Gasteiger charge is -2.23. The highest BCUT2D eigenvalue weighted by Crippen LogP contribution is 2.39. The van der Waals surface area contributed by atoms with Gasteiger partial charge in [-0.15, -0.1) is 0 Å². The Bertz CT molecular complexity index is 700.